The quantitative estimate of drug-likeness (QED) is 0.243. The fourth-order valence-electron chi connectivity index (χ4n) is 6.00. The van der Waals surface area contributed by atoms with Crippen LogP contribution in [0.4, 0.5) is 14.6 Å². The third kappa shape index (κ3) is 5.89. The summed E-state index contributed by atoms with van der Waals surface area (Å²) < 4.78 is 57.6. The van der Waals surface area contributed by atoms with Gasteiger partial charge in [0.1, 0.15) is 23.6 Å². The largest absolute Gasteiger partial charge is 0.357 e. The number of hydrogen-bond acceptors (Lipinski definition) is 7. The van der Waals surface area contributed by atoms with Crippen LogP contribution in [0.1, 0.15) is 44.6 Å². The molecule has 1 aliphatic carbocycles. The SMILES string of the molecule is CCCS(=O)(=O)Cc1ccc(F)c(-n2cc(-c3cncnc3)c3nc(N(C)C4CCN(CC5CC5)CC4)ccc32)c1F. The Morgan fingerprint density at radius 3 is 2.45 bits per heavy atom. The average molecular weight is 595 g/mol. The zero-order valence-electron chi connectivity index (χ0n) is 24.0. The molecule has 8 nitrogen and oxygen atoms in total. The first-order chi connectivity index (χ1) is 20.2. The lowest BCUT2D eigenvalue weighted by Gasteiger charge is -2.37. The van der Waals surface area contributed by atoms with Crippen molar-refractivity contribution in [1.82, 2.24) is 24.4 Å². The molecule has 0 amide bonds. The van der Waals surface area contributed by atoms with Gasteiger partial charge in [-0.25, -0.2) is 32.2 Å². The summed E-state index contributed by atoms with van der Waals surface area (Å²) in [5.74, 6) is -0.602. The molecule has 1 aliphatic heterocycles. The van der Waals surface area contributed by atoms with Crippen LogP contribution in [0.2, 0.25) is 0 Å². The maximum absolute atomic E-state index is 15.9. The Morgan fingerprint density at radius 2 is 1.76 bits per heavy atom. The first kappa shape index (κ1) is 28.7. The van der Waals surface area contributed by atoms with Crippen molar-refractivity contribution in [2.24, 2.45) is 5.92 Å². The van der Waals surface area contributed by atoms with Crippen molar-refractivity contribution in [2.75, 3.05) is 37.3 Å². The van der Waals surface area contributed by atoms with Crippen LogP contribution < -0.4 is 4.90 Å². The number of fused-ring (bicyclic) bond motifs is 1. The molecule has 0 spiro atoms. The van der Waals surface area contributed by atoms with E-state index in [0.717, 1.165) is 43.7 Å². The first-order valence-corrected chi connectivity index (χ1v) is 16.5. The zero-order chi connectivity index (χ0) is 29.4. The molecule has 222 valence electrons. The average Bonchev–Trinajstić information content (AvgIpc) is 3.73. The summed E-state index contributed by atoms with van der Waals surface area (Å²) in [6, 6.07) is 6.38. The molecule has 1 saturated heterocycles. The molecule has 0 unspecified atom stereocenters. The topological polar surface area (TPSA) is 84.2 Å². The van der Waals surface area contributed by atoms with E-state index in [1.165, 1.54) is 36.3 Å². The van der Waals surface area contributed by atoms with E-state index in [2.05, 4.69) is 26.8 Å². The zero-order valence-corrected chi connectivity index (χ0v) is 24.8. The highest BCUT2D eigenvalue weighted by molar-refractivity contribution is 7.90. The van der Waals surface area contributed by atoms with E-state index < -0.39 is 27.2 Å². The molecule has 11 heteroatoms. The molecule has 0 bridgehead atoms. The monoisotopic (exact) mass is 594 g/mol. The molecule has 0 N–H and O–H groups in total. The van der Waals surface area contributed by atoms with Gasteiger partial charge in [-0.2, -0.15) is 0 Å². The second kappa shape index (κ2) is 11.7. The number of hydrogen-bond donors (Lipinski definition) is 0. The Bertz CT molecular complexity index is 1680. The van der Waals surface area contributed by atoms with Crippen LogP contribution in [-0.2, 0) is 15.6 Å². The lowest BCUT2D eigenvalue weighted by Crippen LogP contribution is -2.44. The Balaban J connectivity index is 1.39. The number of rotatable bonds is 10. The van der Waals surface area contributed by atoms with Gasteiger partial charge in [-0.1, -0.05) is 13.0 Å². The number of halogens is 2. The standard InChI is InChI=1S/C31H36F2N6O2S/c1-3-14-42(40,41)19-22-6-7-26(32)31(29(22)33)39-18-25(23-15-34-20-35-16-23)30-27(39)8-9-28(36-30)37(2)24-10-12-38(13-11-24)17-21-4-5-21/h6-9,15-16,18,20-21,24H,3-5,10-14,17,19H2,1-2H3. The molecule has 4 aromatic rings. The summed E-state index contributed by atoms with van der Waals surface area (Å²) in [4.78, 5) is 18.1. The van der Waals surface area contributed by atoms with Crippen molar-refractivity contribution in [2.45, 2.75) is 50.8 Å². The third-order valence-corrected chi connectivity index (χ3v) is 10.2. The molecular weight excluding hydrogens is 558 g/mol. The molecule has 42 heavy (non-hydrogen) atoms. The number of nitrogens with zero attached hydrogens (tertiary/aromatic N) is 6. The Labute approximate surface area is 245 Å². The van der Waals surface area contributed by atoms with Crippen molar-refractivity contribution in [3.05, 3.63) is 66.4 Å². The molecular formula is C31H36F2N6O2S. The molecule has 4 heterocycles. The van der Waals surface area contributed by atoms with Crippen LogP contribution in [-0.4, -0.2) is 71.3 Å². The van der Waals surface area contributed by atoms with Gasteiger partial charge in [-0.15, -0.1) is 0 Å². The smallest absolute Gasteiger partial charge is 0.154 e. The number of aromatic nitrogens is 4. The highest BCUT2D eigenvalue weighted by Crippen LogP contribution is 2.36. The summed E-state index contributed by atoms with van der Waals surface area (Å²) in [5, 5.41) is 0. The fraction of sp³-hybridized carbons (Fsp3) is 0.452. The van der Waals surface area contributed by atoms with Crippen molar-refractivity contribution >= 4 is 26.7 Å². The van der Waals surface area contributed by atoms with E-state index in [-0.39, 0.29) is 17.0 Å². The maximum Gasteiger partial charge on any atom is 0.154 e. The Hall–Kier alpha value is -3.44. The van der Waals surface area contributed by atoms with Crippen molar-refractivity contribution in [3.63, 3.8) is 0 Å². The minimum atomic E-state index is -3.54. The first-order valence-electron chi connectivity index (χ1n) is 14.6. The van der Waals surface area contributed by atoms with E-state index in [4.69, 9.17) is 4.98 Å². The minimum absolute atomic E-state index is 0.0660. The van der Waals surface area contributed by atoms with E-state index in [9.17, 15) is 8.42 Å². The summed E-state index contributed by atoms with van der Waals surface area (Å²) >= 11 is 0. The number of pyridine rings is 1. The predicted molar refractivity (Wildman–Crippen MR) is 160 cm³/mol. The lowest BCUT2D eigenvalue weighted by molar-refractivity contribution is 0.203. The maximum atomic E-state index is 15.9. The van der Waals surface area contributed by atoms with Gasteiger partial charge in [0.25, 0.3) is 0 Å². The van der Waals surface area contributed by atoms with Crippen LogP contribution >= 0.6 is 0 Å². The van der Waals surface area contributed by atoms with E-state index in [1.54, 1.807) is 25.5 Å². The molecule has 3 aromatic heterocycles. The van der Waals surface area contributed by atoms with Crippen molar-refractivity contribution in [3.8, 4) is 16.8 Å². The van der Waals surface area contributed by atoms with E-state index >= 15 is 8.78 Å². The molecule has 2 aliphatic rings. The van der Waals surface area contributed by atoms with Crippen LogP contribution in [0.15, 0.2) is 49.2 Å². The Morgan fingerprint density at radius 1 is 1.02 bits per heavy atom. The van der Waals surface area contributed by atoms with Gasteiger partial charge in [-0.3, -0.25) is 0 Å². The summed E-state index contributed by atoms with van der Waals surface area (Å²) in [5.41, 5.74) is 1.94. The summed E-state index contributed by atoms with van der Waals surface area (Å²) in [6.45, 7) is 5.09. The van der Waals surface area contributed by atoms with Gasteiger partial charge in [-0.05, 0) is 56.2 Å². The molecule has 2 fully saturated rings. The van der Waals surface area contributed by atoms with E-state index in [1.807, 2.05) is 12.1 Å². The fourth-order valence-corrected chi connectivity index (χ4v) is 7.46. The van der Waals surface area contributed by atoms with Gasteiger partial charge in [0.05, 0.1) is 22.5 Å². The number of benzene rings is 1. The summed E-state index contributed by atoms with van der Waals surface area (Å²) in [7, 11) is -1.49. The molecule has 6 rings (SSSR count). The van der Waals surface area contributed by atoms with Gasteiger partial charge in [0, 0.05) is 68.0 Å². The predicted octanol–water partition coefficient (Wildman–Crippen LogP) is 5.40. The number of likely N-dealkylation sites (tertiary alicyclic amines) is 1. The normalized spacial score (nSPS) is 16.8. The van der Waals surface area contributed by atoms with E-state index in [0.29, 0.717) is 34.6 Å². The minimum Gasteiger partial charge on any atom is -0.357 e. The van der Waals surface area contributed by atoms with Crippen LogP contribution in [0.25, 0.3) is 27.8 Å². The van der Waals surface area contributed by atoms with Crippen LogP contribution in [0, 0.1) is 17.6 Å². The van der Waals surface area contributed by atoms with Crippen LogP contribution in [0.5, 0.6) is 0 Å². The molecule has 1 saturated carbocycles. The highest BCUT2D eigenvalue weighted by Gasteiger charge is 2.29. The lowest BCUT2D eigenvalue weighted by atomic mass is 10.0. The Kier molecular flexibility index (Phi) is 7.97. The highest BCUT2D eigenvalue weighted by atomic mass is 32.2. The second-order valence-corrected chi connectivity index (χ2v) is 13.8. The van der Waals surface area contributed by atoms with Crippen molar-refractivity contribution in [1.29, 1.82) is 0 Å². The summed E-state index contributed by atoms with van der Waals surface area (Å²) in [6.07, 6.45) is 11.6. The van der Waals surface area contributed by atoms with Gasteiger partial charge >= 0.3 is 0 Å². The molecule has 0 atom stereocenters. The van der Waals surface area contributed by atoms with Crippen molar-refractivity contribution < 1.29 is 17.2 Å². The molecule has 0 radical (unpaired) electrons. The number of piperidine rings is 1. The van der Waals surface area contributed by atoms with Gasteiger partial charge < -0.3 is 14.4 Å². The molecule has 1 aromatic carbocycles. The van der Waals surface area contributed by atoms with Crippen LogP contribution in [0.3, 0.4) is 0 Å². The third-order valence-electron chi connectivity index (χ3n) is 8.46. The van der Waals surface area contributed by atoms with Gasteiger partial charge in [0.15, 0.2) is 15.7 Å². The number of anilines is 1. The van der Waals surface area contributed by atoms with Gasteiger partial charge in [0.2, 0.25) is 0 Å². The number of sulfone groups is 1. The second-order valence-electron chi connectivity index (χ2n) is 11.6.